The molecule has 0 aromatic heterocycles. The van der Waals surface area contributed by atoms with E-state index in [1.54, 1.807) is 11.8 Å². The SMILES string of the molecule is CCN1CC2CC2[C@@H]1C(F)(F)F. The van der Waals surface area contributed by atoms with Crippen LogP contribution in [-0.2, 0) is 0 Å². The summed E-state index contributed by atoms with van der Waals surface area (Å²) in [5, 5.41) is 0. The van der Waals surface area contributed by atoms with E-state index in [4.69, 9.17) is 0 Å². The topological polar surface area (TPSA) is 3.24 Å². The molecule has 1 aliphatic carbocycles. The van der Waals surface area contributed by atoms with E-state index in [1.807, 2.05) is 0 Å². The van der Waals surface area contributed by atoms with Crippen molar-refractivity contribution in [3.8, 4) is 0 Å². The molecule has 0 bridgehead atoms. The second-order valence-electron chi connectivity index (χ2n) is 3.73. The summed E-state index contributed by atoms with van der Waals surface area (Å²) in [6, 6.07) is -1.13. The third-order valence-electron chi connectivity index (χ3n) is 2.99. The summed E-state index contributed by atoms with van der Waals surface area (Å²) in [5.41, 5.74) is 0. The minimum absolute atomic E-state index is 0.0788. The van der Waals surface area contributed by atoms with Crippen LogP contribution < -0.4 is 0 Å². The fraction of sp³-hybridized carbons (Fsp3) is 1.00. The third-order valence-corrected chi connectivity index (χ3v) is 2.99. The van der Waals surface area contributed by atoms with Crippen LogP contribution in [0.3, 0.4) is 0 Å². The minimum Gasteiger partial charge on any atom is -0.292 e. The van der Waals surface area contributed by atoms with Crippen LogP contribution >= 0.6 is 0 Å². The number of fused-ring (bicyclic) bond motifs is 1. The number of hydrogen-bond donors (Lipinski definition) is 0. The first kappa shape index (κ1) is 8.35. The second kappa shape index (κ2) is 2.37. The lowest BCUT2D eigenvalue weighted by Gasteiger charge is -2.27. The molecule has 1 saturated carbocycles. The van der Waals surface area contributed by atoms with Crippen molar-refractivity contribution in [3.63, 3.8) is 0 Å². The van der Waals surface area contributed by atoms with E-state index in [9.17, 15) is 13.2 Å². The highest BCUT2D eigenvalue weighted by Crippen LogP contribution is 2.53. The van der Waals surface area contributed by atoms with Crippen molar-refractivity contribution >= 4 is 0 Å². The van der Waals surface area contributed by atoms with Crippen molar-refractivity contribution < 1.29 is 13.2 Å². The molecule has 2 unspecified atom stereocenters. The monoisotopic (exact) mass is 179 g/mol. The molecule has 2 rings (SSSR count). The van der Waals surface area contributed by atoms with Crippen LogP contribution in [0.15, 0.2) is 0 Å². The maximum Gasteiger partial charge on any atom is 0.404 e. The van der Waals surface area contributed by atoms with Gasteiger partial charge in [0.15, 0.2) is 0 Å². The molecule has 12 heavy (non-hydrogen) atoms. The highest BCUT2D eigenvalue weighted by molar-refractivity contribution is 5.06. The maximum absolute atomic E-state index is 12.4. The van der Waals surface area contributed by atoms with Crippen molar-refractivity contribution in [3.05, 3.63) is 0 Å². The van der Waals surface area contributed by atoms with Crippen molar-refractivity contribution in [1.82, 2.24) is 4.90 Å². The van der Waals surface area contributed by atoms with Gasteiger partial charge in [-0.15, -0.1) is 0 Å². The molecule has 2 fully saturated rings. The van der Waals surface area contributed by atoms with Gasteiger partial charge in [0.25, 0.3) is 0 Å². The summed E-state index contributed by atoms with van der Waals surface area (Å²) < 4.78 is 37.3. The van der Waals surface area contributed by atoms with Gasteiger partial charge in [-0.05, 0) is 24.8 Å². The zero-order valence-electron chi connectivity index (χ0n) is 6.93. The zero-order chi connectivity index (χ0) is 8.93. The number of nitrogens with zero attached hydrogens (tertiary/aromatic N) is 1. The molecular formula is C8H12F3N. The lowest BCUT2D eigenvalue weighted by molar-refractivity contribution is -0.181. The van der Waals surface area contributed by atoms with Gasteiger partial charge in [0.2, 0.25) is 0 Å². The lowest BCUT2D eigenvalue weighted by Crippen LogP contribution is -2.43. The number of halogens is 3. The Morgan fingerprint density at radius 2 is 2.08 bits per heavy atom. The molecule has 2 aliphatic rings. The van der Waals surface area contributed by atoms with Gasteiger partial charge in [-0.25, -0.2) is 0 Å². The van der Waals surface area contributed by atoms with Gasteiger partial charge in [-0.1, -0.05) is 6.92 Å². The third kappa shape index (κ3) is 1.13. The molecule has 0 N–H and O–H groups in total. The van der Waals surface area contributed by atoms with E-state index >= 15 is 0 Å². The van der Waals surface area contributed by atoms with E-state index in [2.05, 4.69) is 0 Å². The van der Waals surface area contributed by atoms with Gasteiger partial charge < -0.3 is 0 Å². The summed E-state index contributed by atoms with van der Waals surface area (Å²) in [6.07, 6.45) is -3.22. The quantitative estimate of drug-likeness (QED) is 0.594. The minimum atomic E-state index is -4.01. The number of piperidine rings is 1. The fourth-order valence-corrected chi connectivity index (χ4v) is 2.33. The predicted molar refractivity (Wildman–Crippen MR) is 38.7 cm³/mol. The molecule has 0 aromatic carbocycles. The first-order chi connectivity index (χ1) is 5.54. The van der Waals surface area contributed by atoms with Crippen LogP contribution in [0.1, 0.15) is 13.3 Å². The molecule has 1 heterocycles. The van der Waals surface area contributed by atoms with Gasteiger partial charge in [-0.2, -0.15) is 13.2 Å². The first-order valence-electron chi connectivity index (χ1n) is 4.34. The second-order valence-corrected chi connectivity index (χ2v) is 3.73. The van der Waals surface area contributed by atoms with Crippen LogP contribution in [0.4, 0.5) is 13.2 Å². The number of hydrogen-bond acceptors (Lipinski definition) is 1. The standard InChI is InChI=1S/C8H12F3N/c1-2-12-4-5-3-6(5)7(12)8(9,10)11/h5-7H,2-4H2,1H3/t5?,6?,7-/m1/s1. The van der Waals surface area contributed by atoms with E-state index < -0.39 is 12.2 Å². The van der Waals surface area contributed by atoms with E-state index in [0.29, 0.717) is 19.0 Å². The Kier molecular flexibility index (Phi) is 1.65. The van der Waals surface area contributed by atoms with Crippen molar-refractivity contribution in [1.29, 1.82) is 0 Å². The summed E-state index contributed by atoms with van der Waals surface area (Å²) in [4.78, 5) is 1.55. The van der Waals surface area contributed by atoms with Crippen LogP contribution in [-0.4, -0.2) is 30.2 Å². The number of likely N-dealkylation sites (tertiary alicyclic amines) is 1. The molecule has 0 radical (unpaired) electrons. The van der Waals surface area contributed by atoms with E-state index in [1.165, 1.54) is 0 Å². The van der Waals surface area contributed by atoms with Crippen molar-refractivity contribution in [2.75, 3.05) is 13.1 Å². The average Bonchev–Trinajstić information content (AvgIpc) is 2.58. The summed E-state index contributed by atoms with van der Waals surface area (Å²) in [5.74, 6) is 0.265. The van der Waals surface area contributed by atoms with E-state index in [0.717, 1.165) is 6.42 Å². The van der Waals surface area contributed by atoms with Crippen molar-refractivity contribution in [2.24, 2.45) is 11.8 Å². The average molecular weight is 179 g/mol. The Morgan fingerprint density at radius 3 is 2.50 bits per heavy atom. The molecule has 3 atom stereocenters. The van der Waals surface area contributed by atoms with Crippen LogP contribution in [0.2, 0.25) is 0 Å². The maximum atomic E-state index is 12.4. The van der Waals surface area contributed by atoms with Gasteiger partial charge in [0.1, 0.15) is 6.04 Å². The Labute approximate surface area is 69.5 Å². The Hall–Kier alpha value is -0.250. The van der Waals surface area contributed by atoms with Gasteiger partial charge in [-0.3, -0.25) is 4.90 Å². The summed E-state index contributed by atoms with van der Waals surface area (Å²) in [6.45, 7) is 2.98. The smallest absolute Gasteiger partial charge is 0.292 e. The molecule has 0 aromatic rings. The van der Waals surface area contributed by atoms with Gasteiger partial charge >= 0.3 is 6.18 Å². The largest absolute Gasteiger partial charge is 0.404 e. The molecule has 70 valence electrons. The van der Waals surface area contributed by atoms with E-state index in [-0.39, 0.29) is 5.92 Å². The predicted octanol–water partition coefficient (Wildman–Crippen LogP) is 1.89. The zero-order valence-corrected chi connectivity index (χ0v) is 6.93. The Balaban J connectivity index is 2.11. The normalized spacial score (nSPS) is 41.5. The molecule has 0 amide bonds. The Bertz CT molecular complexity index is 189. The van der Waals surface area contributed by atoms with Gasteiger partial charge in [0, 0.05) is 6.54 Å². The van der Waals surface area contributed by atoms with Crippen LogP contribution in [0.5, 0.6) is 0 Å². The fourth-order valence-electron chi connectivity index (χ4n) is 2.33. The highest BCUT2D eigenvalue weighted by Gasteiger charge is 2.61. The molecule has 1 aliphatic heterocycles. The number of rotatable bonds is 1. The highest BCUT2D eigenvalue weighted by atomic mass is 19.4. The summed E-state index contributed by atoms with van der Waals surface area (Å²) in [7, 11) is 0. The first-order valence-corrected chi connectivity index (χ1v) is 4.34. The summed E-state index contributed by atoms with van der Waals surface area (Å²) >= 11 is 0. The molecule has 4 heteroatoms. The molecule has 1 nitrogen and oxygen atoms in total. The lowest BCUT2D eigenvalue weighted by atomic mass is 10.2. The molecule has 0 spiro atoms. The number of alkyl halides is 3. The van der Waals surface area contributed by atoms with Crippen LogP contribution in [0, 0.1) is 11.8 Å². The van der Waals surface area contributed by atoms with Crippen LogP contribution in [0.25, 0.3) is 0 Å². The van der Waals surface area contributed by atoms with Gasteiger partial charge in [0.05, 0.1) is 0 Å². The Morgan fingerprint density at radius 1 is 1.42 bits per heavy atom. The molecular weight excluding hydrogens is 167 g/mol. The van der Waals surface area contributed by atoms with Crippen molar-refractivity contribution in [2.45, 2.75) is 25.6 Å². The molecule has 1 saturated heterocycles.